The molecule has 2 saturated heterocycles. The standard InChI is InChI=1S/C23H35N3O3/c1-15-5-4-6-17(14-26(2)18-12-19-7-8-20(13-18)29-19)23(15,28-3)16-9-10-25-21(11-16)22(24)27/h9-11,15,17-20H,4-8,12-14H2,1-3H3,(H2,24,27). The second-order valence-electron chi connectivity index (χ2n) is 9.34. The largest absolute Gasteiger partial charge is 0.375 e. The summed E-state index contributed by atoms with van der Waals surface area (Å²) in [7, 11) is 4.07. The van der Waals surface area contributed by atoms with E-state index in [4.69, 9.17) is 15.2 Å². The Morgan fingerprint density at radius 3 is 2.69 bits per heavy atom. The van der Waals surface area contributed by atoms with Crippen LogP contribution in [0.1, 0.15) is 67.9 Å². The minimum Gasteiger partial charge on any atom is -0.375 e. The van der Waals surface area contributed by atoms with Crippen LogP contribution >= 0.6 is 0 Å². The Labute approximate surface area is 174 Å². The molecule has 160 valence electrons. The molecule has 3 fully saturated rings. The summed E-state index contributed by atoms with van der Waals surface area (Å²) in [5.74, 6) is 0.214. The van der Waals surface area contributed by atoms with Gasteiger partial charge in [-0.05, 0) is 69.2 Å². The molecule has 6 heteroatoms. The number of amides is 1. The first kappa shape index (κ1) is 20.8. The van der Waals surface area contributed by atoms with Gasteiger partial charge < -0.3 is 20.1 Å². The molecule has 5 atom stereocenters. The van der Waals surface area contributed by atoms with Crippen LogP contribution in [0, 0.1) is 11.8 Å². The molecule has 5 unspecified atom stereocenters. The fourth-order valence-electron chi connectivity index (χ4n) is 6.23. The summed E-state index contributed by atoms with van der Waals surface area (Å²) >= 11 is 0. The Kier molecular flexibility index (Phi) is 5.96. The van der Waals surface area contributed by atoms with Gasteiger partial charge in [-0.1, -0.05) is 13.3 Å². The Morgan fingerprint density at radius 1 is 1.31 bits per heavy atom. The zero-order chi connectivity index (χ0) is 20.6. The monoisotopic (exact) mass is 401 g/mol. The van der Waals surface area contributed by atoms with Crippen molar-refractivity contribution in [3.63, 3.8) is 0 Å². The molecule has 3 heterocycles. The van der Waals surface area contributed by atoms with Crippen molar-refractivity contribution < 1.29 is 14.3 Å². The molecule has 1 aromatic heterocycles. The van der Waals surface area contributed by atoms with Crippen molar-refractivity contribution in [2.75, 3.05) is 20.7 Å². The number of fused-ring (bicyclic) bond motifs is 2. The molecule has 6 nitrogen and oxygen atoms in total. The molecule has 1 aromatic rings. The number of nitrogens with zero attached hydrogens (tertiary/aromatic N) is 2. The quantitative estimate of drug-likeness (QED) is 0.792. The Bertz CT molecular complexity index is 730. The molecule has 3 aliphatic rings. The molecule has 4 rings (SSSR count). The van der Waals surface area contributed by atoms with E-state index in [1.165, 1.54) is 19.3 Å². The summed E-state index contributed by atoms with van der Waals surface area (Å²) in [5.41, 5.74) is 6.43. The summed E-state index contributed by atoms with van der Waals surface area (Å²) in [6.07, 6.45) is 10.7. The number of hydrogen-bond acceptors (Lipinski definition) is 5. The van der Waals surface area contributed by atoms with Gasteiger partial charge in [0.1, 0.15) is 5.69 Å². The molecule has 2 bridgehead atoms. The highest BCUT2D eigenvalue weighted by molar-refractivity contribution is 5.90. The number of rotatable bonds is 6. The molecular weight excluding hydrogens is 366 g/mol. The Balaban J connectivity index is 1.60. The van der Waals surface area contributed by atoms with E-state index in [1.54, 1.807) is 6.20 Å². The first-order valence-corrected chi connectivity index (χ1v) is 11.1. The van der Waals surface area contributed by atoms with Crippen molar-refractivity contribution in [3.05, 3.63) is 29.6 Å². The van der Waals surface area contributed by atoms with Crippen LogP contribution in [0.15, 0.2) is 18.3 Å². The molecular formula is C23H35N3O3. The SMILES string of the molecule is COC1(c2ccnc(C(N)=O)c2)C(C)CCCC1CN(C)C1CC2CCC(C1)O2. The molecule has 0 aromatic carbocycles. The molecule has 1 amide bonds. The van der Waals surface area contributed by atoms with Crippen molar-refractivity contribution in [2.45, 2.75) is 75.7 Å². The Hall–Kier alpha value is -1.50. The van der Waals surface area contributed by atoms with Gasteiger partial charge in [0.25, 0.3) is 5.91 Å². The lowest BCUT2D eigenvalue weighted by Gasteiger charge is -2.50. The molecule has 29 heavy (non-hydrogen) atoms. The lowest BCUT2D eigenvalue weighted by atomic mass is 9.65. The van der Waals surface area contributed by atoms with Crippen molar-refractivity contribution in [2.24, 2.45) is 17.6 Å². The molecule has 0 radical (unpaired) electrons. The summed E-state index contributed by atoms with van der Waals surface area (Å²) < 4.78 is 12.4. The number of hydrogen-bond donors (Lipinski definition) is 1. The van der Waals surface area contributed by atoms with Crippen molar-refractivity contribution in [1.82, 2.24) is 9.88 Å². The van der Waals surface area contributed by atoms with Crippen molar-refractivity contribution >= 4 is 5.91 Å². The minimum atomic E-state index is -0.493. The minimum absolute atomic E-state index is 0.310. The van der Waals surface area contributed by atoms with Crippen LogP contribution in [0.25, 0.3) is 0 Å². The fraction of sp³-hybridized carbons (Fsp3) is 0.739. The van der Waals surface area contributed by atoms with Crippen LogP contribution < -0.4 is 5.73 Å². The second-order valence-corrected chi connectivity index (χ2v) is 9.34. The molecule has 2 N–H and O–H groups in total. The summed E-state index contributed by atoms with van der Waals surface area (Å²) in [4.78, 5) is 18.4. The topological polar surface area (TPSA) is 77.7 Å². The maximum atomic E-state index is 11.7. The number of primary amides is 1. The normalized spacial score (nSPS) is 37.0. The molecule has 0 spiro atoms. The maximum Gasteiger partial charge on any atom is 0.267 e. The molecule has 2 aliphatic heterocycles. The highest BCUT2D eigenvalue weighted by Gasteiger charge is 2.48. The van der Waals surface area contributed by atoms with Gasteiger partial charge in [0.05, 0.1) is 17.8 Å². The van der Waals surface area contributed by atoms with Gasteiger partial charge in [0, 0.05) is 31.8 Å². The van der Waals surface area contributed by atoms with Gasteiger partial charge in [0.2, 0.25) is 0 Å². The van der Waals surface area contributed by atoms with E-state index < -0.39 is 11.5 Å². The highest BCUT2D eigenvalue weighted by Crippen LogP contribution is 2.49. The van der Waals surface area contributed by atoms with Gasteiger partial charge in [-0.3, -0.25) is 9.78 Å². The van der Waals surface area contributed by atoms with Gasteiger partial charge in [-0.25, -0.2) is 0 Å². The third-order valence-electron chi connectivity index (χ3n) is 7.73. The van der Waals surface area contributed by atoms with E-state index in [1.807, 2.05) is 19.2 Å². The maximum absolute atomic E-state index is 11.7. The third kappa shape index (κ3) is 3.82. The van der Waals surface area contributed by atoms with E-state index in [2.05, 4.69) is 23.9 Å². The number of aromatic nitrogens is 1. The average molecular weight is 402 g/mol. The third-order valence-corrected chi connectivity index (χ3v) is 7.73. The summed E-state index contributed by atoms with van der Waals surface area (Å²) in [6.45, 7) is 3.26. The van der Waals surface area contributed by atoms with Crippen LogP contribution in [0.2, 0.25) is 0 Å². The molecule has 1 aliphatic carbocycles. The zero-order valence-corrected chi connectivity index (χ0v) is 18.0. The predicted octanol–water partition coefficient (Wildman–Crippen LogP) is 3.10. The summed E-state index contributed by atoms with van der Waals surface area (Å²) in [5, 5.41) is 0. The first-order chi connectivity index (χ1) is 13.9. The Morgan fingerprint density at radius 2 is 2.03 bits per heavy atom. The lowest BCUT2D eigenvalue weighted by molar-refractivity contribution is -0.136. The van der Waals surface area contributed by atoms with Crippen LogP contribution in [-0.2, 0) is 15.1 Å². The average Bonchev–Trinajstić information content (AvgIpc) is 3.06. The number of methoxy groups -OCH3 is 1. The van der Waals surface area contributed by atoms with Crippen LogP contribution in [0.3, 0.4) is 0 Å². The van der Waals surface area contributed by atoms with Crippen molar-refractivity contribution in [1.29, 1.82) is 0 Å². The lowest BCUT2D eigenvalue weighted by Crippen LogP contribution is -2.52. The van der Waals surface area contributed by atoms with E-state index in [0.717, 1.165) is 37.8 Å². The van der Waals surface area contributed by atoms with Crippen molar-refractivity contribution in [3.8, 4) is 0 Å². The second kappa shape index (κ2) is 8.32. The van der Waals surface area contributed by atoms with Crippen LogP contribution in [0.5, 0.6) is 0 Å². The number of carbonyl (C=O) groups excluding carboxylic acids is 1. The van der Waals surface area contributed by atoms with Gasteiger partial charge >= 0.3 is 0 Å². The van der Waals surface area contributed by atoms with Crippen LogP contribution in [0.4, 0.5) is 0 Å². The van der Waals surface area contributed by atoms with Crippen LogP contribution in [-0.4, -0.2) is 54.7 Å². The van der Waals surface area contributed by atoms with Gasteiger partial charge in [-0.15, -0.1) is 0 Å². The first-order valence-electron chi connectivity index (χ1n) is 11.1. The van der Waals surface area contributed by atoms with E-state index in [-0.39, 0.29) is 0 Å². The number of pyridine rings is 1. The van der Waals surface area contributed by atoms with E-state index in [0.29, 0.717) is 35.8 Å². The number of carbonyl (C=O) groups is 1. The highest BCUT2D eigenvalue weighted by atomic mass is 16.5. The number of nitrogens with two attached hydrogens (primary N) is 1. The molecule has 1 saturated carbocycles. The number of ether oxygens (including phenoxy) is 2. The zero-order valence-electron chi connectivity index (χ0n) is 18.0. The predicted molar refractivity (Wildman–Crippen MR) is 111 cm³/mol. The smallest absolute Gasteiger partial charge is 0.267 e. The fourth-order valence-corrected chi connectivity index (χ4v) is 6.23. The van der Waals surface area contributed by atoms with E-state index in [9.17, 15) is 4.79 Å². The van der Waals surface area contributed by atoms with Gasteiger partial charge in [-0.2, -0.15) is 0 Å². The van der Waals surface area contributed by atoms with E-state index >= 15 is 0 Å². The summed E-state index contributed by atoms with van der Waals surface area (Å²) in [6, 6.07) is 4.42. The van der Waals surface area contributed by atoms with Gasteiger partial charge in [0.15, 0.2) is 0 Å².